The summed E-state index contributed by atoms with van der Waals surface area (Å²) in [6, 6.07) is 11.4. The molecule has 0 saturated carbocycles. The number of nitrogens with one attached hydrogen (secondary N) is 1. The molecule has 1 heterocycles. The Bertz CT molecular complexity index is 951. The number of aromatic nitrogens is 2. The van der Waals surface area contributed by atoms with Crippen molar-refractivity contribution in [1.29, 1.82) is 0 Å². The van der Waals surface area contributed by atoms with Crippen molar-refractivity contribution in [2.75, 3.05) is 6.54 Å². The molecule has 0 radical (unpaired) electrons. The maximum atomic E-state index is 13.2. The highest BCUT2D eigenvalue weighted by molar-refractivity contribution is 7.89. The van der Waals surface area contributed by atoms with E-state index in [-0.39, 0.29) is 11.4 Å². The van der Waals surface area contributed by atoms with Crippen molar-refractivity contribution in [1.82, 2.24) is 14.3 Å². The van der Waals surface area contributed by atoms with Crippen molar-refractivity contribution in [3.63, 3.8) is 0 Å². The van der Waals surface area contributed by atoms with E-state index in [9.17, 15) is 12.8 Å². The first kappa shape index (κ1) is 15.6. The van der Waals surface area contributed by atoms with Gasteiger partial charge in [-0.25, -0.2) is 22.5 Å². The van der Waals surface area contributed by atoms with Gasteiger partial charge in [0.1, 0.15) is 5.82 Å². The van der Waals surface area contributed by atoms with Crippen molar-refractivity contribution in [3.8, 4) is 0 Å². The first-order chi connectivity index (χ1) is 11.0. The van der Waals surface area contributed by atoms with E-state index >= 15 is 0 Å². The van der Waals surface area contributed by atoms with E-state index in [0.717, 1.165) is 17.1 Å². The number of halogens is 1. The Morgan fingerprint density at radius 3 is 2.78 bits per heavy atom. The van der Waals surface area contributed by atoms with Crippen LogP contribution in [0.2, 0.25) is 0 Å². The van der Waals surface area contributed by atoms with Crippen LogP contribution in [0.5, 0.6) is 0 Å². The molecule has 5 nitrogen and oxygen atoms in total. The van der Waals surface area contributed by atoms with Gasteiger partial charge in [-0.1, -0.05) is 12.1 Å². The lowest BCUT2D eigenvalue weighted by Gasteiger charge is -2.09. The minimum Gasteiger partial charge on any atom is -0.329 e. The number of fused-ring (bicyclic) bond motifs is 1. The highest BCUT2D eigenvalue weighted by Crippen LogP contribution is 2.14. The standard InChI is InChI=1S/C16H16FN3O2S/c1-12-10-13(6-7-14(12)17)23(21,22)19-8-9-20-11-18-15-4-2-3-5-16(15)20/h2-7,10-11,19H,8-9H2,1H3. The molecule has 0 unspecified atom stereocenters. The van der Waals surface area contributed by atoms with E-state index in [1.165, 1.54) is 19.1 Å². The van der Waals surface area contributed by atoms with Gasteiger partial charge in [0.2, 0.25) is 10.0 Å². The molecule has 0 aliphatic carbocycles. The Kier molecular flexibility index (Phi) is 4.14. The Morgan fingerprint density at radius 1 is 1.22 bits per heavy atom. The fourth-order valence-electron chi connectivity index (χ4n) is 2.36. The quantitative estimate of drug-likeness (QED) is 0.780. The molecule has 3 rings (SSSR count). The second kappa shape index (κ2) is 6.10. The number of sulfonamides is 1. The zero-order chi connectivity index (χ0) is 16.4. The number of imidazole rings is 1. The van der Waals surface area contributed by atoms with Gasteiger partial charge < -0.3 is 4.57 Å². The minimum absolute atomic E-state index is 0.0619. The average Bonchev–Trinajstić information content (AvgIpc) is 2.93. The summed E-state index contributed by atoms with van der Waals surface area (Å²) in [4.78, 5) is 4.32. The van der Waals surface area contributed by atoms with E-state index in [1.807, 2.05) is 28.8 Å². The van der Waals surface area contributed by atoms with Gasteiger partial charge in [0, 0.05) is 13.1 Å². The summed E-state index contributed by atoms with van der Waals surface area (Å²) in [5, 5.41) is 0. The Balaban J connectivity index is 1.71. The van der Waals surface area contributed by atoms with E-state index in [0.29, 0.717) is 12.1 Å². The lowest BCUT2D eigenvalue weighted by Crippen LogP contribution is -2.27. The molecule has 0 aliphatic heterocycles. The van der Waals surface area contributed by atoms with Crippen molar-refractivity contribution in [2.24, 2.45) is 0 Å². The third-order valence-electron chi connectivity index (χ3n) is 3.61. The van der Waals surface area contributed by atoms with Crippen LogP contribution in [0.1, 0.15) is 5.56 Å². The normalized spacial score (nSPS) is 11.9. The van der Waals surface area contributed by atoms with E-state index in [2.05, 4.69) is 9.71 Å². The fraction of sp³-hybridized carbons (Fsp3) is 0.188. The van der Waals surface area contributed by atoms with Gasteiger partial charge in [0.25, 0.3) is 0 Å². The maximum Gasteiger partial charge on any atom is 0.240 e. The third-order valence-corrected chi connectivity index (χ3v) is 5.07. The van der Waals surface area contributed by atoms with Gasteiger partial charge in [0.15, 0.2) is 0 Å². The van der Waals surface area contributed by atoms with Crippen LogP contribution in [0, 0.1) is 12.7 Å². The summed E-state index contributed by atoms with van der Waals surface area (Å²) < 4.78 is 42.1. The SMILES string of the molecule is Cc1cc(S(=O)(=O)NCCn2cnc3ccccc32)ccc1F. The molecule has 0 atom stereocenters. The summed E-state index contributed by atoms with van der Waals surface area (Å²) in [6.07, 6.45) is 1.68. The van der Waals surface area contributed by atoms with Crippen molar-refractivity contribution in [3.05, 3.63) is 60.2 Å². The third kappa shape index (κ3) is 3.25. The monoisotopic (exact) mass is 333 g/mol. The first-order valence-electron chi connectivity index (χ1n) is 7.13. The summed E-state index contributed by atoms with van der Waals surface area (Å²) in [5.41, 5.74) is 2.11. The highest BCUT2D eigenvalue weighted by atomic mass is 32.2. The van der Waals surface area contributed by atoms with Crippen molar-refractivity contribution in [2.45, 2.75) is 18.4 Å². The lowest BCUT2D eigenvalue weighted by atomic mass is 10.2. The zero-order valence-electron chi connectivity index (χ0n) is 12.5. The molecule has 7 heteroatoms. The molecule has 1 N–H and O–H groups in total. The van der Waals surface area contributed by atoms with Crippen LogP contribution >= 0.6 is 0 Å². The first-order valence-corrected chi connectivity index (χ1v) is 8.61. The molecular formula is C16H16FN3O2S. The molecule has 0 bridgehead atoms. The van der Waals surface area contributed by atoms with E-state index in [4.69, 9.17) is 0 Å². The molecule has 0 aliphatic rings. The Labute approximate surface area is 133 Å². The second-order valence-electron chi connectivity index (χ2n) is 5.24. The number of aryl methyl sites for hydroxylation is 1. The number of nitrogens with zero attached hydrogens (tertiary/aromatic N) is 2. The van der Waals surface area contributed by atoms with Crippen LogP contribution < -0.4 is 4.72 Å². The summed E-state index contributed by atoms with van der Waals surface area (Å²) in [7, 11) is -3.66. The van der Waals surface area contributed by atoms with Gasteiger partial charge in [-0.15, -0.1) is 0 Å². The second-order valence-corrected chi connectivity index (χ2v) is 7.00. The van der Waals surface area contributed by atoms with Crippen molar-refractivity contribution < 1.29 is 12.8 Å². The van der Waals surface area contributed by atoms with Gasteiger partial charge >= 0.3 is 0 Å². The van der Waals surface area contributed by atoms with Crippen LogP contribution in [-0.2, 0) is 16.6 Å². The molecule has 0 fully saturated rings. The number of hydrogen-bond donors (Lipinski definition) is 1. The van der Waals surface area contributed by atoms with Crippen molar-refractivity contribution >= 4 is 21.1 Å². The molecule has 2 aromatic carbocycles. The van der Waals surface area contributed by atoms with Gasteiger partial charge in [-0.3, -0.25) is 0 Å². The van der Waals surface area contributed by atoms with Gasteiger partial charge in [-0.05, 0) is 42.8 Å². The fourth-order valence-corrected chi connectivity index (χ4v) is 3.46. The largest absolute Gasteiger partial charge is 0.329 e. The highest BCUT2D eigenvalue weighted by Gasteiger charge is 2.14. The minimum atomic E-state index is -3.66. The summed E-state index contributed by atoms with van der Waals surface area (Å²) in [6.45, 7) is 2.21. The number of para-hydroxylation sites is 2. The van der Waals surface area contributed by atoms with Gasteiger partial charge in [-0.2, -0.15) is 0 Å². The Morgan fingerprint density at radius 2 is 2.00 bits per heavy atom. The van der Waals surface area contributed by atoms with E-state index in [1.54, 1.807) is 6.33 Å². The molecule has 0 saturated heterocycles. The molecular weight excluding hydrogens is 317 g/mol. The van der Waals surface area contributed by atoms with E-state index < -0.39 is 15.8 Å². The predicted octanol–water partition coefficient (Wildman–Crippen LogP) is 2.46. The molecule has 0 amide bonds. The summed E-state index contributed by atoms with van der Waals surface area (Å²) >= 11 is 0. The molecule has 23 heavy (non-hydrogen) atoms. The topological polar surface area (TPSA) is 64.0 Å². The van der Waals surface area contributed by atoms with Crippen LogP contribution in [0.15, 0.2) is 53.7 Å². The number of rotatable bonds is 5. The number of hydrogen-bond acceptors (Lipinski definition) is 3. The number of benzene rings is 2. The average molecular weight is 333 g/mol. The molecule has 0 spiro atoms. The Hall–Kier alpha value is -2.25. The van der Waals surface area contributed by atoms with Crippen LogP contribution in [-0.4, -0.2) is 24.5 Å². The predicted molar refractivity (Wildman–Crippen MR) is 86.1 cm³/mol. The van der Waals surface area contributed by atoms with Crippen LogP contribution in [0.25, 0.3) is 11.0 Å². The zero-order valence-corrected chi connectivity index (χ0v) is 13.3. The lowest BCUT2D eigenvalue weighted by molar-refractivity contribution is 0.573. The van der Waals surface area contributed by atoms with Crippen LogP contribution in [0.3, 0.4) is 0 Å². The molecule has 120 valence electrons. The smallest absolute Gasteiger partial charge is 0.240 e. The maximum absolute atomic E-state index is 13.2. The van der Waals surface area contributed by atoms with Crippen LogP contribution in [0.4, 0.5) is 4.39 Å². The summed E-state index contributed by atoms with van der Waals surface area (Å²) in [5.74, 6) is -0.422. The van der Waals surface area contributed by atoms with Gasteiger partial charge in [0.05, 0.1) is 22.3 Å². The molecule has 3 aromatic rings. The molecule has 1 aromatic heterocycles.